The van der Waals surface area contributed by atoms with E-state index in [0.717, 1.165) is 12.0 Å². The number of amides is 1. The largest absolute Gasteiger partial charge is 0.493 e. The fourth-order valence-corrected chi connectivity index (χ4v) is 5.95. The summed E-state index contributed by atoms with van der Waals surface area (Å²) in [7, 11) is -0.819. The monoisotopic (exact) mass is 610 g/mol. The third-order valence-electron chi connectivity index (χ3n) is 6.84. The smallest absolute Gasteiger partial charge is 0.262 e. The van der Waals surface area contributed by atoms with Crippen molar-refractivity contribution in [3.63, 3.8) is 0 Å². The number of methoxy groups -OCH3 is 2. The summed E-state index contributed by atoms with van der Waals surface area (Å²) in [5, 5.41) is 8.39. The molecule has 0 aliphatic rings. The molecule has 10 nitrogen and oxygen atoms in total. The molecule has 3 aromatic carbocycles. The molecule has 0 saturated carbocycles. The number of nitrogens with one attached hydrogen (secondary N) is 1. The van der Waals surface area contributed by atoms with E-state index in [-0.39, 0.29) is 22.9 Å². The van der Waals surface area contributed by atoms with E-state index >= 15 is 0 Å². The highest BCUT2D eigenvalue weighted by Crippen LogP contribution is 2.32. The highest BCUT2D eigenvalue weighted by atomic mass is 32.2. The van der Waals surface area contributed by atoms with Crippen LogP contribution in [-0.2, 0) is 34.2 Å². The van der Waals surface area contributed by atoms with Gasteiger partial charge in [-0.1, -0.05) is 49.9 Å². The number of hydrogen-bond donors (Lipinski definition) is 2. The van der Waals surface area contributed by atoms with Gasteiger partial charge in [0.15, 0.2) is 16.7 Å². The second-order valence-corrected chi connectivity index (χ2v) is 12.3. The topological polar surface area (TPSA) is 143 Å². The zero-order valence-corrected chi connectivity index (χ0v) is 25.6. The van der Waals surface area contributed by atoms with Crippen molar-refractivity contribution in [2.75, 3.05) is 19.5 Å². The van der Waals surface area contributed by atoms with Crippen molar-refractivity contribution in [2.24, 2.45) is 5.14 Å². The van der Waals surface area contributed by atoms with Crippen LogP contribution in [0.15, 0.2) is 75.5 Å². The lowest BCUT2D eigenvalue weighted by atomic mass is 10.1. The Morgan fingerprint density at radius 1 is 1.00 bits per heavy atom. The van der Waals surface area contributed by atoms with Crippen LogP contribution in [0.1, 0.15) is 31.4 Å². The number of sulfonamides is 1. The Hall–Kier alpha value is -3.87. The average Bonchev–Trinajstić information content (AvgIpc) is 2.99. The molecular formula is C30H34N4O6S2. The third-order valence-corrected chi connectivity index (χ3v) is 9.12. The summed E-state index contributed by atoms with van der Waals surface area (Å²) in [6, 6.07) is 17.1. The molecular weight excluding hydrogens is 576 g/mol. The van der Waals surface area contributed by atoms with Gasteiger partial charge < -0.3 is 14.8 Å². The van der Waals surface area contributed by atoms with Gasteiger partial charge in [0.1, 0.15) is 0 Å². The summed E-state index contributed by atoms with van der Waals surface area (Å²) >= 11 is 1.22. The predicted octanol–water partition coefficient (Wildman–Crippen LogP) is 4.38. The summed E-state index contributed by atoms with van der Waals surface area (Å²) in [6.07, 6.45) is 1.81. The minimum atomic E-state index is -3.82. The van der Waals surface area contributed by atoms with Crippen LogP contribution in [0, 0.1) is 0 Å². The van der Waals surface area contributed by atoms with E-state index in [2.05, 4.69) is 12.2 Å². The molecule has 1 aromatic heterocycles. The van der Waals surface area contributed by atoms with Gasteiger partial charge in [-0.3, -0.25) is 14.2 Å². The summed E-state index contributed by atoms with van der Waals surface area (Å²) in [5.74, 6) is 0.633. The third kappa shape index (κ3) is 7.12. The molecule has 0 bridgehead atoms. The Morgan fingerprint density at radius 3 is 2.19 bits per heavy atom. The maximum Gasteiger partial charge on any atom is 0.262 e. The fourth-order valence-electron chi connectivity index (χ4n) is 4.40. The van der Waals surface area contributed by atoms with Gasteiger partial charge >= 0.3 is 0 Å². The summed E-state index contributed by atoms with van der Waals surface area (Å²) in [6.45, 7) is 4.21. The predicted molar refractivity (Wildman–Crippen MR) is 165 cm³/mol. The van der Waals surface area contributed by atoms with Crippen LogP contribution in [0.25, 0.3) is 10.9 Å². The number of thioether (sulfide) groups is 1. The lowest BCUT2D eigenvalue weighted by Crippen LogP contribution is -2.28. The van der Waals surface area contributed by atoms with Crippen LogP contribution in [0.3, 0.4) is 0 Å². The molecule has 0 aliphatic carbocycles. The van der Waals surface area contributed by atoms with E-state index in [0.29, 0.717) is 46.1 Å². The van der Waals surface area contributed by atoms with Gasteiger partial charge in [-0.05, 0) is 60.7 Å². The number of primary sulfonamides is 1. The molecule has 0 aliphatic heterocycles. The number of aryl methyl sites for hydroxylation is 2. The lowest BCUT2D eigenvalue weighted by molar-refractivity contribution is -0.115. The molecule has 0 unspecified atom stereocenters. The van der Waals surface area contributed by atoms with Crippen molar-refractivity contribution in [3.05, 3.63) is 82.1 Å². The fraction of sp³-hybridized carbons (Fsp3) is 0.300. The molecule has 0 fully saturated rings. The van der Waals surface area contributed by atoms with Gasteiger partial charge in [0, 0.05) is 18.3 Å². The minimum absolute atomic E-state index is 0.00853. The SMILES string of the molecule is CCc1ccc(NC(=O)[C@H](CC)Sc2nc3cc(OC)c(OC)cc3c(=O)n2CCc2ccc(S(N)(=O)=O)cc2)cc1. The van der Waals surface area contributed by atoms with Crippen molar-refractivity contribution < 1.29 is 22.7 Å². The van der Waals surface area contributed by atoms with E-state index in [9.17, 15) is 18.0 Å². The van der Waals surface area contributed by atoms with Crippen molar-refractivity contribution >= 4 is 44.3 Å². The molecule has 0 radical (unpaired) electrons. The van der Waals surface area contributed by atoms with Crippen molar-refractivity contribution in [3.8, 4) is 11.5 Å². The molecule has 1 heterocycles. The molecule has 0 saturated heterocycles. The van der Waals surface area contributed by atoms with Gasteiger partial charge in [0.05, 0.1) is 35.3 Å². The summed E-state index contributed by atoms with van der Waals surface area (Å²) < 4.78 is 35.6. The maximum atomic E-state index is 13.8. The molecule has 222 valence electrons. The van der Waals surface area contributed by atoms with Gasteiger partial charge in [-0.2, -0.15) is 0 Å². The van der Waals surface area contributed by atoms with Crippen LogP contribution < -0.4 is 25.5 Å². The number of carbonyl (C=O) groups is 1. The first-order chi connectivity index (χ1) is 20.1. The van der Waals surface area contributed by atoms with E-state index in [1.54, 1.807) is 28.8 Å². The van der Waals surface area contributed by atoms with E-state index in [1.165, 1.54) is 43.7 Å². The molecule has 1 atom stereocenters. The first-order valence-corrected chi connectivity index (χ1v) is 15.8. The first kappa shape index (κ1) is 31.1. The van der Waals surface area contributed by atoms with Gasteiger partial charge in [0.2, 0.25) is 15.9 Å². The summed E-state index contributed by atoms with van der Waals surface area (Å²) in [5.41, 5.74) is 2.79. The number of fused-ring (bicyclic) bond motifs is 1. The molecule has 12 heteroatoms. The zero-order chi connectivity index (χ0) is 30.4. The average molecular weight is 611 g/mol. The number of anilines is 1. The Bertz CT molecular complexity index is 1740. The number of benzene rings is 3. The Balaban J connectivity index is 1.70. The number of aromatic nitrogens is 2. The van der Waals surface area contributed by atoms with Crippen LogP contribution in [-0.4, -0.2) is 43.3 Å². The first-order valence-electron chi connectivity index (χ1n) is 13.4. The number of ether oxygens (including phenoxy) is 2. The lowest BCUT2D eigenvalue weighted by Gasteiger charge is -2.19. The molecule has 0 spiro atoms. The van der Waals surface area contributed by atoms with Crippen LogP contribution in [0.4, 0.5) is 5.69 Å². The second kappa shape index (κ2) is 13.4. The minimum Gasteiger partial charge on any atom is -0.493 e. The second-order valence-electron chi connectivity index (χ2n) is 9.57. The maximum absolute atomic E-state index is 13.8. The number of nitrogens with two attached hydrogens (primary N) is 1. The Labute approximate surface area is 249 Å². The standard InChI is InChI=1S/C30H34N4O6S2/c1-5-19-7-11-21(12-8-19)32-28(35)27(6-2)41-30-33-24-18-26(40-4)25(39-3)17-23(24)29(36)34(30)16-15-20-9-13-22(14-10-20)42(31,37)38/h7-14,17-18,27H,5-6,15-16H2,1-4H3,(H,32,35)(H2,31,37,38)/t27-/m0/s1. The van der Waals surface area contributed by atoms with E-state index in [1.807, 2.05) is 31.2 Å². The number of carbonyl (C=O) groups excluding carboxylic acids is 1. The molecule has 42 heavy (non-hydrogen) atoms. The van der Waals surface area contributed by atoms with Crippen molar-refractivity contribution in [1.29, 1.82) is 0 Å². The van der Waals surface area contributed by atoms with Gasteiger partial charge in [0.25, 0.3) is 5.56 Å². The molecule has 3 N–H and O–H groups in total. The normalized spacial score (nSPS) is 12.2. The van der Waals surface area contributed by atoms with Crippen LogP contribution in [0.2, 0.25) is 0 Å². The van der Waals surface area contributed by atoms with Crippen LogP contribution >= 0.6 is 11.8 Å². The van der Waals surface area contributed by atoms with Gasteiger partial charge in [-0.25, -0.2) is 18.5 Å². The Morgan fingerprint density at radius 2 is 1.62 bits per heavy atom. The van der Waals surface area contributed by atoms with E-state index in [4.69, 9.17) is 19.6 Å². The highest BCUT2D eigenvalue weighted by molar-refractivity contribution is 8.00. The van der Waals surface area contributed by atoms with Crippen molar-refractivity contribution in [1.82, 2.24) is 9.55 Å². The zero-order valence-electron chi connectivity index (χ0n) is 23.9. The number of rotatable bonds is 12. The molecule has 1 amide bonds. The van der Waals surface area contributed by atoms with E-state index < -0.39 is 15.3 Å². The molecule has 4 aromatic rings. The number of hydrogen-bond acceptors (Lipinski definition) is 8. The summed E-state index contributed by atoms with van der Waals surface area (Å²) in [4.78, 5) is 31.9. The van der Waals surface area contributed by atoms with Gasteiger partial charge in [-0.15, -0.1) is 0 Å². The highest BCUT2D eigenvalue weighted by Gasteiger charge is 2.23. The molecule has 4 rings (SSSR count). The quantitative estimate of drug-likeness (QED) is 0.178. The Kier molecular flexibility index (Phi) is 9.92. The number of nitrogens with zero attached hydrogens (tertiary/aromatic N) is 2. The van der Waals surface area contributed by atoms with Crippen molar-refractivity contribution in [2.45, 2.75) is 55.0 Å². The van der Waals surface area contributed by atoms with Crippen LogP contribution in [0.5, 0.6) is 11.5 Å².